The van der Waals surface area contributed by atoms with Crippen LogP contribution in [-0.2, 0) is 25.6 Å². The minimum atomic E-state index is -1.21. The standard InChI is InChI=1S/C22H30O6/c1-4-12-25-19-17(23)18(24)20(28-15-16-10-8-7-9-11-16)22(27-14-6-3)21(19)26-13-5-2/h4-11,17-24H,1-3,12-15H2/t17-,18+,19-,20-,21+,22+/m0/s1. The highest BCUT2D eigenvalue weighted by molar-refractivity contribution is 5.14. The van der Waals surface area contributed by atoms with Crippen LogP contribution in [0.25, 0.3) is 0 Å². The van der Waals surface area contributed by atoms with Crippen molar-refractivity contribution in [2.45, 2.75) is 43.2 Å². The van der Waals surface area contributed by atoms with E-state index in [-0.39, 0.29) is 26.4 Å². The molecule has 6 heteroatoms. The minimum absolute atomic E-state index is 0.201. The van der Waals surface area contributed by atoms with Crippen LogP contribution in [0.15, 0.2) is 68.3 Å². The van der Waals surface area contributed by atoms with Gasteiger partial charge >= 0.3 is 0 Å². The summed E-state index contributed by atoms with van der Waals surface area (Å²) >= 11 is 0. The maximum atomic E-state index is 10.7. The first-order valence-electron chi connectivity index (χ1n) is 9.33. The lowest BCUT2D eigenvalue weighted by Gasteiger charge is -2.46. The summed E-state index contributed by atoms with van der Waals surface area (Å²) in [4.78, 5) is 0. The molecule has 1 aliphatic rings. The van der Waals surface area contributed by atoms with Crippen molar-refractivity contribution >= 4 is 0 Å². The fourth-order valence-corrected chi connectivity index (χ4v) is 3.22. The third kappa shape index (κ3) is 5.85. The van der Waals surface area contributed by atoms with Gasteiger partial charge in [-0.15, -0.1) is 19.7 Å². The van der Waals surface area contributed by atoms with Crippen molar-refractivity contribution in [3.05, 3.63) is 73.9 Å². The van der Waals surface area contributed by atoms with E-state index in [0.29, 0.717) is 0 Å². The van der Waals surface area contributed by atoms with Gasteiger partial charge in [-0.25, -0.2) is 0 Å². The average molecular weight is 390 g/mol. The Morgan fingerprint density at radius 1 is 0.679 bits per heavy atom. The van der Waals surface area contributed by atoms with E-state index in [1.807, 2.05) is 30.3 Å². The fraction of sp³-hybridized carbons (Fsp3) is 0.455. The van der Waals surface area contributed by atoms with Crippen LogP contribution in [0.4, 0.5) is 0 Å². The monoisotopic (exact) mass is 390 g/mol. The van der Waals surface area contributed by atoms with Gasteiger partial charge < -0.3 is 29.2 Å². The van der Waals surface area contributed by atoms with E-state index < -0.39 is 36.6 Å². The predicted molar refractivity (Wildman–Crippen MR) is 107 cm³/mol. The van der Waals surface area contributed by atoms with E-state index in [2.05, 4.69) is 19.7 Å². The van der Waals surface area contributed by atoms with Gasteiger partial charge in [0.05, 0.1) is 26.4 Å². The van der Waals surface area contributed by atoms with Gasteiger partial charge in [-0.3, -0.25) is 0 Å². The summed E-state index contributed by atoms with van der Waals surface area (Å²) in [6.07, 6.45) is -0.598. The molecule has 2 rings (SSSR count). The molecule has 1 fully saturated rings. The van der Waals surface area contributed by atoms with Crippen molar-refractivity contribution in [1.82, 2.24) is 0 Å². The quantitative estimate of drug-likeness (QED) is 0.532. The van der Waals surface area contributed by atoms with Crippen LogP contribution in [0.1, 0.15) is 5.56 Å². The normalized spacial score (nSPS) is 29.9. The fourth-order valence-electron chi connectivity index (χ4n) is 3.22. The topological polar surface area (TPSA) is 77.4 Å². The van der Waals surface area contributed by atoms with Crippen LogP contribution < -0.4 is 0 Å². The van der Waals surface area contributed by atoms with Crippen molar-refractivity contribution in [3.8, 4) is 0 Å². The van der Waals surface area contributed by atoms with E-state index in [1.54, 1.807) is 18.2 Å². The molecule has 154 valence electrons. The van der Waals surface area contributed by atoms with Crippen molar-refractivity contribution in [3.63, 3.8) is 0 Å². The summed E-state index contributed by atoms with van der Waals surface area (Å²) in [5, 5.41) is 21.4. The van der Waals surface area contributed by atoms with Crippen LogP contribution in [0.3, 0.4) is 0 Å². The van der Waals surface area contributed by atoms with Crippen molar-refractivity contribution in [2.24, 2.45) is 0 Å². The zero-order chi connectivity index (χ0) is 20.4. The molecule has 0 radical (unpaired) electrons. The smallest absolute Gasteiger partial charge is 0.115 e. The summed E-state index contributed by atoms with van der Waals surface area (Å²) in [7, 11) is 0. The Hall–Kier alpha value is -1.80. The second kappa shape index (κ2) is 11.9. The largest absolute Gasteiger partial charge is 0.387 e. The van der Waals surface area contributed by atoms with E-state index in [0.717, 1.165) is 5.56 Å². The molecule has 1 aromatic rings. The summed E-state index contributed by atoms with van der Waals surface area (Å²) in [5.74, 6) is 0. The Morgan fingerprint density at radius 2 is 1.11 bits per heavy atom. The minimum Gasteiger partial charge on any atom is -0.387 e. The molecule has 1 aromatic carbocycles. The SMILES string of the molecule is C=CCO[C@H]1[C@H](OCC=C)[C@@H](OCC=C)[C@@H](O)[C@@H](O)[C@@H]1OCc1ccccc1. The molecule has 0 aromatic heterocycles. The Kier molecular flexibility index (Phi) is 9.57. The van der Waals surface area contributed by atoms with Crippen LogP contribution in [-0.4, -0.2) is 66.7 Å². The molecule has 0 spiro atoms. The van der Waals surface area contributed by atoms with Crippen molar-refractivity contribution < 1.29 is 29.2 Å². The maximum Gasteiger partial charge on any atom is 0.115 e. The van der Waals surface area contributed by atoms with Gasteiger partial charge in [-0.05, 0) is 5.56 Å². The molecule has 1 saturated carbocycles. The van der Waals surface area contributed by atoms with Crippen molar-refractivity contribution in [2.75, 3.05) is 19.8 Å². The molecular formula is C22H30O6. The number of aliphatic hydroxyl groups is 2. The molecule has 1 aliphatic carbocycles. The first-order chi connectivity index (χ1) is 13.6. The molecule has 0 aliphatic heterocycles. The molecule has 6 nitrogen and oxygen atoms in total. The lowest BCUT2D eigenvalue weighted by atomic mass is 9.84. The number of ether oxygens (including phenoxy) is 4. The number of hydrogen-bond acceptors (Lipinski definition) is 6. The first kappa shape index (κ1) is 22.5. The summed E-state index contributed by atoms with van der Waals surface area (Å²) in [5.41, 5.74) is 0.945. The highest BCUT2D eigenvalue weighted by Gasteiger charge is 2.52. The first-order valence-corrected chi connectivity index (χ1v) is 9.33. The van der Waals surface area contributed by atoms with Gasteiger partial charge in [0.2, 0.25) is 0 Å². The van der Waals surface area contributed by atoms with Crippen LogP contribution in [0.2, 0.25) is 0 Å². The molecule has 2 N–H and O–H groups in total. The zero-order valence-electron chi connectivity index (χ0n) is 16.1. The Bertz CT molecular complexity index is 604. The van der Waals surface area contributed by atoms with Gasteiger partial charge in [-0.2, -0.15) is 0 Å². The van der Waals surface area contributed by atoms with E-state index in [9.17, 15) is 10.2 Å². The van der Waals surface area contributed by atoms with Gasteiger partial charge in [0, 0.05) is 0 Å². The van der Waals surface area contributed by atoms with Gasteiger partial charge in [-0.1, -0.05) is 48.6 Å². The Morgan fingerprint density at radius 3 is 1.57 bits per heavy atom. The lowest BCUT2D eigenvalue weighted by Crippen LogP contribution is -2.66. The Balaban J connectivity index is 2.24. The number of hydrogen-bond donors (Lipinski definition) is 2. The molecule has 0 bridgehead atoms. The zero-order valence-corrected chi connectivity index (χ0v) is 16.1. The molecule has 0 saturated heterocycles. The van der Waals surface area contributed by atoms with Crippen LogP contribution in [0.5, 0.6) is 0 Å². The van der Waals surface area contributed by atoms with E-state index in [4.69, 9.17) is 18.9 Å². The molecule has 28 heavy (non-hydrogen) atoms. The third-order valence-corrected chi connectivity index (χ3v) is 4.50. The Labute approximate surface area is 166 Å². The number of benzene rings is 1. The molecular weight excluding hydrogens is 360 g/mol. The predicted octanol–water partition coefficient (Wildman–Crippen LogP) is 2.02. The van der Waals surface area contributed by atoms with E-state index in [1.165, 1.54) is 0 Å². The summed E-state index contributed by atoms with van der Waals surface area (Å²) in [6.45, 7) is 11.9. The van der Waals surface area contributed by atoms with Crippen molar-refractivity contribution in [1.29, 1.82) is 0 Å². The second-order valence-corrected chi connectivity index (χ2v) is 6.50. The van der Waals surface area contributed by atoms with Gasteiger partial charge in [0.1, 0.15) is 36.6 Å². The molecule has 0 heterocycles. The molecule has 0 amide bonds. The molecule has 0 unspecified atom stereocenters. The number of aliphatic hydroxyl groups excluding tert-OH is 2. The van der Waals surface area contributed by atoms with Crippen LogP contribution >= 0.6 is 0 Å². The van der Waals surface area contributed by atoms with Gasteiger partial charge in [0.25, 0.3) is 0 Å². The molecule has 6 atom stereocenters. The highest BCUT2D eigenvalue weighted by Crippen LogP contribution is 2.31. The van der Waals surface area contributed by atoms with E-state index >= 15 is 0 Å². The van der Waals surface area contributed by atoms with Crippen LogP contribution in [0, 0.1) is 0 Å². The third-order valence-electron chi connectivity index (χ3n) is 4.50. The highest BCUT2D eigenvalue weighted by atomic mass is 16.6. The maximum absolute atomic E-state index is 10.7. The lowest BCUT2D eigenvalue weighted by molar-refractivity contribution is -0.262. The van der Waals surface area contributed by atoms with Gasteiger partial charge in [0.15, 0.2) is 0 Å². The summed E-state index contributed by atoms with van der Waals surface area (Å²) in [6, 6.07) is 9.58. The average Bonchev–Trinajstić information content (AvgIpc) is 2.72. The summed E-state index contributed by atoms with van der Waals surface area (Å²) < 4.78 is 23.4. The second-order valence-electron chi connectivity index (χ2n) is 6.50. The number of rotatable bonds is 12.